The van der Waals surface area contributed by atoms with Crippen molar-refractivity contribution in [3.8, 4) is 0 Å². The summed E-state index contributed by atoms with van der Waals surface area (Å²) >= 11 is 0. The Morgan fingerprint density at radius 1 is 1.04 bits per heavy atom. The highest BCUT2D eigenvalue weighted by molar-refractivity contribution is 5.93. The Bertz CT molecular complexity index is 704. The number of benzene rings is 1. The van der Waals surface area contributed by atoms with Gasteiger partial charge in [0, 0.05) is 49.9 Å². The van der Waals surface area contributed by atoms with E-state index in [0.717, 1.165) is 18.8 Å². The summed E-state index contributed by atoms with van der Waals surface area (Å²) in [5, 5.41) is 3.19. The van der Waals surface area contributed by atoms with Crippen molar-refractivity contribution in [1.82, 2.24) is 14.9 Å². The fraction of sp³-hybridized carbons (Fsp3) is 0.450. The number of carbonyl (C=O) groups is 1. The van der Waals surface area contributed by atoms with Crippen LogP contribution in [-0.2, 0) is 0 Å². The Morgan fingerprint density at radius 2 is 1.65 bits per heavy atom. The molecule has 0 radical (unpaired) electrons. The van der Waals surface area contributed by atoms with Gasteiger partial charge in [0.05, 0.1) is 5.56 Å². The molecule has 1 aromatic heterocycles. The van der Waals surface area contributed by atoms with E-state index in [2.05, 4.69) is 32.3 Å². The number of nitrogens with zero attached hydrogens (tertiary/aromatic N) is 4. The molecule has 0 spiro atoms. The molecule has 1 fully saturated rings. The molecular formula is C20H27N5O. The second-order valence-electron chi connectivity index (χ2n) is 6.49. The summed E-state index contributed by atoms with van der Waals surface area (Å²) in [6.45, 7) is 7.56. The van der Waals surface area contributed by atoms with E-state index < -0.39 is 0 Å². The van der Waals surface area contributed by atoms with E-state index in [1.54, 1.807) is 17.3 Å². The normalized spacial score (nSPS) is 14.2. The first kappa shape index (κ1) is 18.2. The van der Waals surface area contributed by atoms with Crippen molar-refractivity contribution in [2.75, 3.05) is 36.4 Å². The molecule has 2 aromatic rings. The number of nitrogens with one attached hydrogen (secondary N) is 1. The first-order valence-electron chi connectivity index (χ1n) is 9.44. The highest BCUT2D eigenvalue weighted by Crippen LogP contribution is 2.22. The summed E-state index contributed by atoms with van der Waals surface area (Å²) < 4.78 is 0. The molecule has 1 aromatic carbocycles. The van der Waals surface area contributed by atoms with Crippen LogP contribution < -0.4 is 10.2 Å². The predicted molar refractivity (Wildman–Crippen MR) is 105 cm³/mol. The number of aromatic nitrogens is 2. The highest BCUT2D eigenvalue weighted by Gasteiger charge is 2.14. The number of hydrogen-bond acceptors (Lipinski definition) is 5. The fourth-order valence-corrected chi connectivity index (χ4v) is 3.23. The van der Waals surface area contributed by atoms with Crippen LogP contribution in [0.3, 0.4) is 0 Å². The summed E-state index contributed by atoms with van der Waals surface area (Å²) in [6.07, 6.45) is 7.04. The third-order valence-corrected chi connectivity index (χ3v) is 4.79. The van der Waals surface area contributed by atoms with Crippen LogP contribution in [0.4, 0.5) is 17.3 Å². The lowest BCUT2D eigenvalue weighted by atomic mass is 10.1. The zero-order valence-corrected chi connectivity index (χ0v) is 15.6. The number of rotatable bonds is 6. The van der Waals surface area contributed by atoms with E-state index in [0.29, 0.717) is 24.6 Å². The molecule has 0 bridgehead atoms. The maximum Gasteiger partial charge on any atom is 0.256 e. The smallest absolute Gasteiger partial charge is 0.256 e. The van der Waals surface area contributed by atoms with Crippen LogP contribution in [0.1, 0.15) is 43.5 Å². The molecule has 0 unspecified atom stereocenters. The van der Waals surface area contributed by atoms with E-state index in [1.807, 2.05) is 26.0 Å². The van der Waals surface area contributed by atoms with Crippen LogP contribution in [0.15, 0.2) is 36.7 Å². The van der Waals surface area contributed by atoms with Crippen molar-refractivity contribution in [2.24, 2.45) is 0 Å². The molecular weight excluding hydrogens is 326 g/mol. The minimum absolute atomic E-state index is 0.0348. The summed E-state index contributed by atoms with van der Waals surface area (Å²) in [7, 11) is 0. The van der Waals surface area contributed by atoms with E-state index in [4.69, 9.17) is 0 Å². The Labute approximate surface area is 155 Å². The van der Waals surface area contributed by atoms with E-state index in [1.165, 1.54) is 24.9 Å². The van der Waals surface area contributed by atoms with Crippen LogP contribution in [0.5, 0.6) is 0 Å². The molecule has 0 saturated carbocycles. The molecule has 1 aliphatic heterocycles. The van der Waals surface area contributed by atoms with Gasteiger partial charge in [-0.05, 0) is 57.4 Å². The molecule has 1 N–H and O–H groups in total. The van der Waals surface area contributed by atoms with Crippen molar-refractivity contribution in [2.45, 2.75) is 33.1 Å². The highest BCUT2D eigenvalue weighted by atomic mass is 16.2. The second kappa shape index (κ2) is 8.65. The van der Waals surface area contributed by atoms with Gasteiger partial charge in [0.1, 0.15) is 0 Å². The van der Waals surface area contributed by atoms with Gasteiger partial charge in [-0.25, -0.2) is 9.97 Å². The monoisotopic (exact) mass is 353 g/mol. The molecule has 26 heavy (non-hydrogen) atoms. The topological polar surface area (TPSA) is 61.4 Å². The molecule has 0 aliphatic carbocycles. The fourth-order valence-electron chi connectivity index (χ4n) is 3.23. The molecule has 6 nitrogen and oxygen atoms in total. The second-order valence-corrected chi connectivity index (χ2v) is 6.49. The molecule has 0 atom stereocenters. The molecule has 1 amide bonds. The summed E-state index contributed by atoms with van der Waals surface area (Å²) in [4.78, 5) is 25.0. The summed E-state index contributed by atoms with van der Waals surface area (Å²) in [5.41, 5.74) is 2.71. The first-order valence-corrected chi connectivity index (χ1v) is 9.44. The molecule has 3 rings (SSSR count). The SMILES string of the molecule is CCN(CC)C(=O)c1cnc(Nc2ccc(N3CCCCC3)cc2)nc1. The van der Waals surface area contributed by atoms with Gasteiger partial charge in [-0.15, -0.1) is 0 Å². The van der Waals surface area contributed by atoms with Crippen LogP contribution in [0, 0.1) is 0 Å². The number of hydrogen-bond donors (Lipinski definition) is 1. The lowest BCUT2D eigenvalue weighted by Gasteiger charge is -2.28. The van der Waals surface area contributed by atoms with E-state index in [-0.39, 0.29) is 5.91 Å². The van der Waals surface area contributed by atoms with Gasteiger partial charge in [0.2, 0.25) is 5.95 Å². The van der Waals surface area contributed by atoms with Crippen molar-refractivity contribution < 1.29 is 4.79 Å². The minimum Gasteiger partial charge on any atom is -0.372 e. The molecule has 138 valence electrons. The van der Waals surface area contributed by atoms with Gasteiger partial charge >= 0.3 is 0 Å². The maximum atomic E-state index is 12.3. The van der Waals surface area contributed by atoms with Gasteiger partial charge in [-0.1, -0.05) is 0 Å². The Balaban J connectivity index is 1.62. The zero-order valence-electron chi connectivity index (χ0n) is 15.6. The molecule has 1 aliphatic rings. The standard InChI is InChI=1S/C20H27N5O/c1-3-24(4-2)19(26)16-14-21-20(22-15-16)23-17-8-10-18(11-9-17)25-12-6-5-7-13-25/h8-11,14-15H,3-7,12-13H2,1-2H3,(H,21,22,23). The predicted octanol–water partition coefficient (Wildman–Crippen LogP) is 3.69. The number of piperidine rings is 1. The minimum atomic E-state index is -0.0348. The summed E-state index contributed by atoms with van der Waals surface area (Å²) in [5.74, 6) is 0.458. The molecule has 6 heteroatoms. The van der Waals surface area contributed by atoms with Crippen LogP contribution >= 0.6 is 0 Å². The van der Waals surface area contributed by atoms with Crippen LogP contribution in [0.2, 0.25) is 0 Å². The van der Waals surface area contributed by atoms with Crippen LogP contribution in [-0.4, -0.2) is 47.0 Å². The quantitative estimate of drug-likeness (QED) is 0.858. The van der Waals surface area contributed by atoms with E-state index in [9.17, 15) is 4.79 Å². The largest absolute Gasteiger partial charge is 0.372 e. The average Bonchev–Trinajstić information content (AvgIpc) is 2.71. The van der Waals surface area contributed by atoms with E-state index >= 15 is 0 Å². The molecule has 1 saturated heterocycles. The Morgan fingerprint density at radius 3 is 2.23 bits per heavy atom. The number of anilines is 3. The summed E-state index contributed by atoms with van der Waals surface area (Å²) in [6, 6.07) is 8.35. The maximum absolute atomic E-state index is 12.3. The number of carbonyl (C=O) groups excluding carboxylic acids is 1. The lowest BCUT2D eigenvalue weighted by Crippen LogP contribution is -2.30. The van der Waals surface area contributed by atoms with Crippen molar-refractivity contribution in [3.63, 3.8) is 0 Å². The van der Waals surface area contributed by atoms with Crippen molar-refractivity contribution in [3.05, 3.63) is 42.2 Å². The lowest BCUT2D eigenvalue weighted by molar-refractivity contribution is 0.0772. The van der Waals surface area contributed by atoms with Gasteiger partial charge < -0.3 is 15.1 Å². The number of amides is 1. The van der Waals surface area contributed by atoms with Gasteiger partial charge in [0.25, 0.3) is 5.91 Å². The van der Waals surface area contributed by atoms with Gasteiger partial charge in [0.15, 0.2) is 0 Å². The van der Waals surface area contributed by atoms with Crippen molar-refractivity contribution in [1.29, 1.82) is 0 Å². The van der Waals surface area contributed by atoms with Gasteiger partial charge in [-0.2, -0.15) is 0 Å². The van der Waals surface area contributed by atoms with Crippen molar-refractivity contribution >= 4 is 23.2 Å². The molecule has 2 heterocycles. The Hall–Kier alpha value is -2.63. The van der Waals surface area contributed by atoms with Gasteiger partial charge in [-0.3, -0.25) is 4.79 Å². The Kier molecular flexibility index (Phi) is 6.04. The third kappa shape index (κ3) is 4.31. The third-order valence-electron chi connectivity index (χ3n) is 4.79. The first-order chi connectivity index (χ1) is 12.7. The average molecular weight is 353 g/mol. The zero-order chi connectivity index (χ0) is 18.4. The van der Waals surface area contributed by atoms with Crippen LogP contribution in [0.25, 0.3) is 0 Å².